The lowest BCUT2D eigenvalue weighted by Crippen LogP contribution is -1.73. The second-order valence-electron chi connectivity index (χ2n) is 3.72. The molecule has 0 unspecified atom stereocenters. The van der Waals surface area contributed by atoms with Crippen LogP contribution in [0.1, 0.15) is 0 Å². The van der Waals surface area contributed by atoms with Crippen molar-refractivity contribution in [2.24, 2.45) is 0 Å². The molecule has 78 valence electrons. The third-order valence-electron chi connectivity index (χ3n) is 2.91. The van der Waals surface area contributed by atoms with Crippen molar-refractivity contribution in [3.8, 4) is 0 Å². The highest BCUT2D eigenvalue weighted by Gasteiger charge is 2.15. The number of halogens is 2. The van der Waals surface area contributed by atoms with E-state index in [-0.39, 0.29) is 0 Å². The summed E-state index contributed by atoms with van der Waals surface area (Å²) in [5.74, 6) is 0. The topological polar surface area (TPSA) is 0 Å². The molecule has 2 aromatic heterocycles. The zero-order valence-electron chi connectivity index (χ0n) is 7.88. The van der Waals surface area contributed by atoms with Crippen molar-refractivity contribution in [3.05, 3.63) is 30.0 Å². The van der Waals surface area contributed by atoms with E-state index in [9.17, 15) is 0 Å². The molecule has 0 atom stereocenters. The van der Waals surface area contributed by atoms with Crippen LogP contribution in [0.4, 0.5) is 0 Å². The predicted molar refractivity (Wildman–Crippen MR) is 91.3 cm³/mol. The lowest BCUT2D eigenvalue weighted by molar-refractivity contribution is 1.96. The maximum absolute atomic E-state index is 2.45. The Hall–Kier alpha value is 0.340. The molecule has 0 nitrogen and oxygen atoms in total. The minimum atomic E-state index is 1.41. The minimum absolute atomic E-state index is 1.41. The molecule has 0 fully saturated rings. The van der Waals surface area contributed by atoms with E-state index in [0.29, 0.717) is 0 Å². The van der Waals surface area contributed by atoms with Crippen LogP contribution in [0.2, 0.25) is 0 Å². The van der Waals surface area contributed by atoms with Gasteiger partial charge in [0.1, 0.15) is 0 Å². The molecule has 4 rings (SSSR count). The van der Waals surface area contributed by atoms with Gasteiger partial charge in [-0.25, -0.2) is 0 Å². The SMILES string of the molecule is Ic1sc2ccc3c(I)sc4ccc1c2c43. The Morgan fingerprint density at radius 3 is 1.56 bits per heavy atom. The summed E-state index contributed by atoms with van der Waals surface area (Å²) in [5.41, 5.74) is 0. The summed E-state index contributed by atoms with van der Waals surface area (Å²) in [6.45, 7) is 0. The zero-order chi connectivity index (χ0) is 10.9. The highest BCUT2D eigenvalue weighted by Crippen LogP contribution is 2.45. The van der Waals surface area contributed by atoms with E-state index in [1.54, 1.807) is 0 Å². The first-order chi connectivity index (χ1) is 7.75. The standard InChI is InChI=1S/C12H4I2S2/c13-11-5-1-3-7-10-6(12(14)15-7)2-4-8(16-11)9(5)10/h1-4H. The average Bonchev–Trinajstić information content (AvgIpc) is 2.75. The van der Waals surface area contributed by atoms with Crippen molar-refractivity contribution in [3.63, 3.8) is 0 Å². The predicted octanol–water partition coefficient (Wildman–Crippen LogP) is 5.92. The van der Waals surface area contributed by atoms with Crippen molar-refractivity contribution < 1.29 is 0 Å². The molecule has 0 spiro atoms. The summed E-state index contributed by atoms with van der Waals surface area (Å²) in [6, 6.07) is 9.08. The van der Waals surface area contributed by atoms with E-state index in [0.717, 1.165) is 0 Å². The molecule has 0 aliphatic carbocycles. The van der Waals surface area contributed by atoms with Crippen LogP contribution in [-0.4, -0.2) is 0 Å². The molecule has 0 saturated heterocycles. The quantitative estimate of drug-likeness (QED) is 0.283. The number of rotatable bonds is 0. The summed E-state index contributed by atoms with van der Waals surface area (Å²) in [7, 11) is 0. The Morgan fingerprint density at radius 2 is 1.12 bits per heavy atom. The molecule has 16 heavy (non-hydrogen) atoms. The zero-order valence-corrected chi connectivity index (χ0v) is 13.8. The largest absolute Gasteiger partial charge is 0.128 e. The van der Waals surface area contributed by atoms with Crippen molar-refractivity contribution in [1.29, 1.82) is 0 Å². The third kappa shape index (κ3) is 1.19. The molecule has 0 N–H and O–H groups in total. The van der Waals surface area contributed by atoms with Crippen LogP contribution in [0.15, 0.2) is 24.3 Å². The van der Waals surface area contributed by atoms with E-state index in [1.807, 2.05) is 22.7 Å². The van der Waals surface area contributed by atoms with Gasteiger partial charge in [0, 0.05) is 30.9 Å². The van der Waals surface area contributed by atoms with E-state index < -0.39 is 0 Å². The lowest BCUT2D eigenvalue weighted by Gasteiger charge is -1.98. The normalized spacial score (nSPS) is 12.4. The van der Waals surface area contributed by atoms with Crippen LogP contribution < -0.4 is 0 Å². The highest BCUT2D eigenvalue weighted by molar-refractivity contribution is 14.1. The molecular formula is C12H4I2S2. The molecule has 2 heterocycles. The Balaban J connectivity index is 2.51. The van der Waals surface area contributed by atoms with Crippen molar-refractivity contribution >= 4 is 98.8 Å². The molecule has 0 aliphatic rings. The van der Waals surface area contributed by atoms with Gasteiger partial charge < -0.3 is 0 Å². The van der Waals surface area contributed by atoms with Crippen LogP contribution in [0.5, 0.6) is 0 Å². The van der Waals surface area contributed by atoms with Crippen LogP contribution in [-0.2, 0) is 0 Å². The maximum Gasteiger partial charge on any atom is 0.0738 e. The van der Waals surface area contributed by atoms with Gasteiger partial charge in [0.25, 0.3) is 0 Å². The lowest BCUT2D eigenvalue weighted by atomic mass is 10.1. The van der Waals surface area contributed by atoms with Gasteiger partial charge in [0.15, 0.2) is 0 Å². The summed E-state index contributed by atoms with van der Waals surface area (Å²) in [5, 5.41) is 5.80. The number of hydrogen-bond donors (Lipinski definition) is 0. The third-order valence-corrected chi connectivity index (χ3v) is 7.31. The van der Waals surface area contributed by atoms with E-state index >= 15 is 0 Å². The monoisotopic (exact) mass is 466 g/mol. The minimum Gasteiger partial charge on any atom is -0.128 e. The second-order valence-corrected chi connectivity index (χ2v) is 9.45. The molecule has 4 heteroatoms. The summed E-state index contributed by atoms with van der Waals surface area (Å²) < 4.78 is 5.66. The molecule has 0 radical (unpaired) electrons. The molecule has 0 saturated carbocycles. The maximum atomic E-state index is 2.45. The first-order valence-corrected chi connectivity index (χ1v) is 8.56. The molecule has 2 aromatic carbocycles. The fraction of sp³-hybridized carbons (Fsp3) is 0. The van der Waals surface area contributed by atoms with Crippen molar-refractivity contribution in [2.75, 3.05) is 0 Å². The van der Waals surface area contributed by atoms with Crippen LogP contribution in [0.25, 0.3) is 30.9 Å². The molecule has 0 amide bonds. The molecule has 4 aromatic rings. The molecule has 0 aliphatic heterocycles. The summed E-state index contributed by atoms with van der Waals surface area (Å²) >= 11 is 8.70. The van der Waals surface area contributed by atoms with Crippen molar-refractivity contribution in [1.82, 2.24) is 0 Å². The summed E-state index contributed by atoms with van der Waals surface area (Å²) in [4.78, 5) is 0. The van der Waals surface area contributed by atoms with Gasteiger partial charge in [0.05, 0.1) is 5.77 Å². The van der Waals surface area contributed by atoms with Gasteiger partial charge >= 0.3 is 0 Å². The molecular weight excluding hydrogens is 462 g/mol. The highest BCUT2D eigenvalue weighted by atomic mass is 127. The number of benzene rings is 2. The first-order valence-electron chi connectivity index (χ1n) is 4.77. The van der Waals surface area contributed by atoms with Gasteiger partial charge in [0.2, 0.25) is 0 Å². The van der Waals surface area contributed by atoms with E-state index in [2.05, 4.69) is 69.4 Å². The smallest absolute Gasteiger partial charge is 0.0738 e. The Kier molecular flexibility index (Phi) is 2.20. The van der Waals surface area contributed by atoms with E-state index in [4.69, 9.17) is 0 Å². The van der Waals surface area contributed by atoms with Gasteiger partial charge in [-0.1, -0.05) is 12.1 Å². The second kappa shape index (κ2) is 3.43. The fourth-order valence-electron chi connectivity index (χ4n) is 2.23. The van der Waals surface area contributed by atoms with Crippen LogP contribution in [0, 0.1) is 5.77 Å². The van der Waals surface area contributed by atoms with Crippen molar-refractivity contribution in [2.45, 2.75) is 0 Å². The van der Waals surface area contributed by atoms with Gasteiger partial charge in [-0.05, 0) is 57.3 Å². The fourth-order valence-corrected chi connectivity index (χ4v) is 6.40. The average molecular weight is 466 g/mol. The molecule has 0 bridgehead atoms. The van der Waals surface area contributed by atoms with Gasteiger partial charge in [-0.15, -0.1) is 22.7 Å². The first kappa shape index (κ1) is 10.3. The van der Waals surface area contributed by atoms with Crippen LogP contribution >= 0.6 is 67.9 Å². The number of hydrogen-bond acceptors (Lipinski definition) is 2. The number of thiophene rings is 2. The van der Waals surface area contributed by atoms with Gasteiger partial charge in [-0.2, -0.15) is 0 Å². The Labute approximate surface area is 127 Å². The Morgan fingerprint density at radius 1 is 0.688 bits per heavy atom. The van der Waals surface area contributed by atoms with E-state index in [1.165, 1.54) is 36.7 Å². The summed E-state index contributed by atoms with van der Waals surface area (Å²) in [6.07, 6.45) is 0. The van der Waals surface area contributed by atoms with Gasteiger partial charge in [-0.3, -0.25) is 0 Å². The van der Waals surface area contributed by atoms with Crippen LogP contribution in [0.3, 0.4) is 0 Å². The Bertz CT molecular complexity index is 755.